The molecule has 0 saturated heterocycles. The smallest absolute Gasteiger partial charge is 1.00 e. The molecule has 0 bridgehead atoms. The summed E-state index contributed by atoms with van der Waals surface area (Å²) in [4.78, 5) is 4.03. The molecule has 1 heterocycles. The SMILES string of the molecule is O=S(=O)(O)O.Oc1cccc2cccnc12.[H-].[Na+]. The molecule has 17 heavy (non-hydrogen) atoms. The maximum absolute atomic E-state index is 9.31. The second-order valence-electron chi connectivity index (χ2n) is 2.80. The summed E-state index contributed by atoms with van der Waals surface area (Å²) in [6.45, 7) is 0. The van der Waals surface area contributed by atoms with E-state index in [1.807, 2.05) is 18.2 Å². The van der Waals surface area contributed by atoms with Crippen molar-refractivity contribution in [1.82, 2.24) is 4.98 Å². The van der Waals surface area contributed by atoms with Crippen LogP contribution >= 0.6 is 0 Å². The summed E-state index contributed by atoms with van der Waals surface area (Å²) >= 11 is 0. The van der Waals surface area contributed by atoms with Gasteiger partial charge in [-0.1, -0.05) is 18.2 Å². The van der Waals surface area contributed by atoms with Crippen molar-refractivity contribution in [3.05, 3.63) is 36.5 Å². The van der Waals surface area contributed by atoms with E-state index in [9.17, 15) is 5.11 Å². The van der Waals surface area contributed by atoms with Gasteiger partial charge in [0, 0.05) is 11.6 Å². The van der Waals surface area contributed by atoms with Crippen molar-refractivity contribution in [1.29, 1.82) is 0 Å². The van der Waals surface area contributed by atoms with Crippen molar-refractivity contribution >= 4 is 21.3 Å². The fraction of sp³-hybridized carbons (Fsp3) is 0. The first-order chi connectivity index (χ1) is 7.38. The van der Waals surface area contributed by atoms with E-state index in [1.54, 1.807) is 18.3 Å². The fourth-order valence-corrected chi connectivity index (χ4v) is 1.09. The summed E-state index contributed by atoms with van der Waals surface area (Å²) in [6.07, 6.45) is 1.67. The first kappa shape index (κ1) is 16.3. The Hall–Kier alpha value is -0.700. The summed E-state index contributed by atoms with van der Waals surface area (Å²) in [5.74, 6) is 0.239. The van der Waals surface area contributed by atoms with E-state index in [2.05, 4.69) is 4.98 Å². The molecule has 2 aromatic rings. The monoisotopic (exact) mass is 267 g/mol. The van der Waals surface area contributed by atoms with Crippen LogP contribution < -0.4 is 29.6 Å². The molecule has 1 aromatic heterocycles. The van der Waals surface area contributed by atoms with Crippen molar-refractivity contribution in [2.75, 3.05) is 0 Å². The molecule has 8 heteroatoms. The van der Waals surface area contributed by atoms with E-state index in [1.165, 1.54) is 0 Å². The van der Waals surface area contributed by atoms with Gasteiger partial charge in [0.25, 0.3) is 0 Å². The molecule has 0 aliphatic rings. The van der Waals surface area contributed by atoms with Gasteiger partial charge in [0.15, 0.2) is 0 Å². The number of rotatable bonds is 0. The van der Waals surface area contributed by atoms with Crippen LogP contribution in [0.1, 0.15) is 1.43 Å². The van der Waals surface area contributed by atoms with Crippen LogP contribution in [0.15, 0.2) is 36.5 Å². The summed E-state index contributed by atoms with van der Waals surface area (Å²) in [7, 11) is -4.67. The van der Waals surface area contributed by atoms with E-state index in [4.69, 9.17) is 17.5 Å². The zero-order chi connectivity index (χ0) is 12.2. The molecule has 6 nitrogen and oxygen atoms in total. The predicted octanol–water partition coefficient (Wildman–Crippen LogP) is -1.60. The summed E-state index contributed by atoms with van der Waals surface area (Å²) in [5, 5.41) is 10.3. The standard InChI is InChI=1S/C9H7NO.Na.H2O4S.H/c11-8-5-1-3-7-4-2-6-10-9(7)8;;1-5(2,3)4;/h1-6,11H;;(H2,1,2,3,4);/q;+1;;-1. The number of pyridine rings is 1. The largest absolute Gasteiger partial charge is 1.00 e. The maximum atomic E-state index is 9.31. The Labute approximate surface area is 122 Å². The molecule has 3 N–H and O–H groups in total. The van der Waals surface area contributed by atoms with Crippen LogP contribution in [-0.4, -0.2) is 27.6 Å². The number of fused-ring (bicyclic) bond motifs is 1. The van der Waals surface area contributed by atoms with Gasteiger partial charge < -0.3 is 6.53 Å². The maximum Gasteiger partial charge on any atom is 1.00 e. The number of nitrogens with zero attached hydrogens (tertiary/aromatic N) is 1. The van der Waals surface area contributed by atoms with E-state index < -0.39 is 10.4 Å². The van der Waals surface area contributed by atoms with Crippen LogP contribution in [0.25, 0.3) is 10.9 Å². The second kappa shape index (κ2) is 6.90. The number of para-hydroxylation sites is 1. The van der Waals surface area contributed by atoms with Crippen LogP contribution in [0.3, 0.4) is 0 Å². The zero-order valence-corrected chi connectivity index (χ0v) is 11.8. The van der Waals surface area contributed by atoms with Crippen LogP contribution in [0.2, 0.25) is 0 Å². The number of hydrogen-bond acceptors (Lipinski definition) is 4. The molecule has 2 rings (SSSR count). The number of hydrogen-bond donors (Lipinski definition) is 3. The number of aromatic hydroxyl groups is 1. The molecule has 0 amide bonds. The zero-order valence-electron chi connectivity index (χ0n) is 9.98. The molecule has 0 unspecified atom stereocenters. The van der Waals surface area contributed by atoms with Crippen LogP contribution in [-0.2, 0) is 10.4 Å². The molecule has 1 aromatic carbocycles. The van der Waals surface area contributed by atoms with E-state index in [-0.39, 0.29) is 36.7 Å². The first-order valence-electron chi connectivity index (χ1n) is 4.10. The van der Waals surface area contributed by atoms with Gasteiger partial charge in [-0.2, -0.15) is 8.42 Å². The summed E-state index contributed by atoms with van der Waals surface area (Å²) < 4.78 is 31.6. The van der Waals surface area contributed by atoms with Gasteiger partial charge in [-0.05, 0) is 12.1 Å². The molecular weight excluding hydrogens is 257 g/mol. The average molecular weight is 267 g/mol. The van der Waals surface area contributed by atoms with E-state index in [0.29, 0.717) is 5.52 Å². The van der Waals surface area contributed by atoms with E-state index >= 15 is 0 Å². The third-order valence-corrected chi connectivity index (χ3v) is 1.61. The molecule has 88 valence electrons. The van der Waals surface area contributed by atoms with Crippen molar-refractivity contribution in [3.8, 4) is 5.75 Å². The number of phenols is 1. The fourth-order valence-electron chi connectivity index (χ4n) is 1.09. The molecule has 0 aliphatic carbocycles. The Morgan fingerprint density at radius 1 is 1.12 bits per heavy atom. The van der Waals surface area contributed by atoms with Gasteiger partial charge in [0.05, 0.1) is 0 Å². The molecule has 0 saturated carbocycles. The predicted molar refractivity (Wildman–Crippen MR) is 58.7 cm³/mol. The molecule has 0 spiro atoms. The van der Waals surface area contributed by atoms with Crippen LogP contribution in [0.5, 0.6) is 5.75 Å². The third kappa shape index (κ3) is 6.57. The van der Waals surface area contributed by atoms with Gasteiger partial charge in [-0.15, -0.1) is 0 Å². The molecule has 0 aliphatic heterocycles. The van der Waals surface area contributed by atoms with Crippen molar-refractivity contribution in [2.24, 2.45) is 0 Å². The molecule has 0 fully saturated rings. The van der Waals surface area contributed by atoms with Crippen molar-refractivity contribution in [3.63, 3.8) is 0 Å². The minimum absolute atomic E-state index is 0. The molecular formula is C9H10NNaO5S. The minimum Gasteiger partial charge on any atom is -1.00 e. The van der Waals surface area contributed by atoms with Crippen LogP contribution in [0, 0.1) is 0 Å². The Kier molecular flexibility index (Phi) is 6.61. The average Bonchev–Trinajstić information content (AvgIpc) is 2.16. The Balaban J connectivity index is 0. The molecule has 0 radical (unpaired) electrons. The summed E-state index contributed by atoms with van der Waals surface area (Å²) in [6, 6.07) is 9.13. The minimum atomic E-state index is -4.67. The van der Waals surface area contributed by atoms with Crippen molar-refractivity contribution in [2.45, 2.75) is 0 Å². The van der Waals surface area contributed by atoms with Gasteiger partial charge in [-0.25, -0.2) is 0 Å². The number of benzene rings is 1. The summed E-state index contributed by atoms with van der Waals surface area (Å²) in [5.41, 5.74) is 0.662. The Morgan fingerprint density at radius 3 is 2.18 bits per heavy atom. The van der Waals surface area contributed by atoms with Gasteiger partial charge in [0.1, 0.15) is 11.3 Å². The van der Waals surface area contributed by atoms with Crippen LogP contribution in [0.4, 0.5) is 0 Å². The van der Waals surface area contributed by atoms with Gasteiger partial charge in [-0.3, -0.25) is 14.1 Å². The number of phenolic OH excluding ortho intramolecular Hbond substituents is 1. The Morgan fingerprint density at radius 2 is 1.65 bits per heavy atom. The number of aromatic nitrogens is 1. The van der Waals surface area contributed by atoms with E-state index in [0.717, 1.165) is 5.39 Å². The van der Waals surface area contributed by atoms with Gasteiger partial charge >= 0.3 is 40.0 Å². The third-order valence-electron chi connectivity index (χ3n) is 1.61. The first-order valence-corrected chi connectivity index (χ1v) is 5.50. The quantitative estimate of drug-likeness (QED) is 0.392. The van der Waals surface area contributed by atoms with Crippen molar-refractivity contribution < 1.29 is 53.6 Å². The second-order valence-corrected chi connectivity index (χ2v) is 3.70. The molecule has 0 atom stereocenters. The topological polar surface area (TPSA) is 108 Å². The normalized spacial score (nSPS) is 10.0. The van der Waals surface area contributed by atoms with Gasteiger partial charge in [0.2, 0.25) is 0 Å². The Bertz CT molecular complexity index is 579.